The van der Waals surface area contributed by atoms with Gasteiger partial charge in [0, 0.05) is 0 Å². The van der Waals surface area contributed by atoms with Crippen LogP contribution in [-0.2, 0) is 0 Å². The van der Waals surface area contributed by atoms with Gasteiger partial charge in [-0.3, -0.25) is 0 Å². The van der Waals surface area contributed by atoms with E-state index in [0.717, 1.165) is 6.42 Å². The van der Waals surface area contributed by atoms with Gasteiger partial charge >= 0.3 is 0 Å². The van der Waals surface area contributed by atoms with E-state index in [1.165, 1.54) is 19.3 Å². The highest BCUT2D eigenvalue weighted by molar-refractivity contribution is 4.86. The summed E-state index contributed by atoms with van der Waals surface area (Å²) in [5, 5.41) is 0. The van der Waals surface area contributed by atoms with Gasteiger partial charge in [-0.05, 0) is 18.8 Å². The summed E-state index contributed by atoms with van der Waals surface area (Å²) in [4.78, 5) is 0. The van der Waals surface area contributed by atoms with Gasteiger partial charge in [0.1, 0.15) is 0 Å². The molecule has 0 aromatic rings. The second kappa shape index (κ2) is 4.66. The summed E-state index contributed by atoms with van der Waals surface area (Å²) in [5.41, 5.74) is 11.2. The topological polar surface area (TPSA) is 122 Å². The zero-order chi connectivity index (χ0) is 6.91. The standard InChI is InChI=1S/C7H16N2.2H3N/c1-6-4-2-3-5-7(6,8)9;;/h6H,2-5,8-9H2,1H3;2*1H3. The minimum Gasteiger partial charge on any atom is -0.344 e. The van der Waals surface area contributed by atoms with Crippen molar-refractivity contribution in [2.45, 2.75) is 38.3 Å². The van der Waals surface area contributed by atoms with Crippen LogP contribution in [0.4, 0.5) is 0 Å². The van der Waals surface area contributed by atoms with Gasteiger partial charge in [-0.25, -0.2) is 0 Å². The molecule has 0 saturated heterocycles. The molecule has 70 valence electrons. The van der Waals surface area contributed by atoms with Crippen LogP contribution in [0.1, 0.15) is 32.6 Å². The van der Waals surface area contributed by atoms with Crippen LogP contribution in [0.3, 0.4) is 0 Å². The van der Waals surface area contributed by atoms with Crippen LogP contribution in [0, 0.1) is 5.92 Å². The molecule has 10 N–H and O–H groups in total. The Morgan fingerprint density at radius 1 is 1.18 bits per heavy atom. The maximum absolute atomic E-state index is 5.80. The van der Waals surface area contributed by atoms with Crippen molar-refractivity contribution in [1.29, 1.82) is 0 Å². The molecule has 1 saturated carbocycles. The highest BCUT2D eigenvalue weighted by Gasteiger charge is 2.29. The predicted octanol–water partition coefficient (Wildman–Crippen LogP) is 1.13. The molecule has 1 aliphatic carbocycles. The summed E-state index contributed by atoms with van der Waals surface area (Å²) >= 11 is 0. The van der Waals surface area contributed by atoms with E-state index in [1.54, 1.807) is 0 Å². The molecule has 0 aromatic heterocycles. The quantitative estimate of drug-likeness (QED) is 0.399. The Morgan fingerprint density at radius 3 is 2.00 bits per heavy atom. The molecule has 0 aliphatic heterocycles. The highest BCUT2D eigenvalue weighted by Crippen LogP contribution is 2.26. The highest BCUT2D eigenvalue weighted by atomic mass is 15.0. The van der Waals surface area contributed by atoms with E-state index in [1.807, 2.05) is 0 Å². The van der Waals surface area contributed by atoms with E-state index in [4.69, 9.17) is 11.5 Å². The first kappa shape index (κ1) is 13.4. The second-order valence-electron chi connectivity index (χ2n) is 3.26. The summed E-state index contributed by atoms with van der Waals surface area (Å²) in [6, 6.07) is 0. The minimum atomic E-state index is -0.363. The summed E-state index contributed by atoms with van der Waals surface area (Å²) in [7, 11) is 0. The van der Waals surface area contributed by atoms with Crippen molar-refractivity contribution in [3.8, 4) is 0 Å². The lowest BCUT2D eigenvalue weighted by Gasteiger charge is -2.35. The van der Waals surface area contributed by atoms with Gasteiger partial charge in [0.25, 0.3) is 0 Å². The lowest BCUT2D eigenvalue weighted by Crippen LogP contribution is -2.56. The molecule has 1 atom stereocenters. The molecule has 0 bridgehead atoms. The summed E-state index contributed by atoms with van der Waals surface area (Å²) in [5.74, 6) is 0.506. The Balaban J connectivity index is 0. The average Bonchev–Trinajstić information content (AvgIpc) is 1.77. The van der Waals surface area contributed by atoms with Crippen molar-refractivity contribution in [3.05, 3.63) is 0 Å². The summed E-state index contributed by atoms with van der Waals surface area (Å²) in [6.45, 7) is 2.14. The van der Waals surface area contributed by atoms with Crippen LogP contribution in [0.15, 0.2) is 0 Å². The molecule has 1 aliphatic rings. The van der Waals surface area contributed by atoms with Crippen molar-refractivity contribution >= 4 is 0 Å². The summed E-state index contributed by atoms with van der Waals surface area (Å²) < 4.78 is 0. The molecule has 4 heteroatoms. The molecular weight excluding hydrogens is 140 g/mol. The van der Waals surface area contributed by atoms with Gasteiger partial charge in [0.2, 0.25) is 0 Å². The van der Waals surface area contributed by atoms with Crippen LogP contribution in [0.25, 0.3) is 0 Å². The normalized spacial score (nSPS) is 28.1. The van der Waals surface area contributed by atoms with Gasteiger partial charge in [0.15, 0.2) is 0 Å². The first-order chi connectivity index (χ1) is 4.13. The van der Waals surface area contributed by atoms with Crippen LogP contribution >= 0.6 is 0 Å². The SMILES string of the molecule is CC1CCCCC1(N)N.N.N. The van der Waals surface area contributed by atoms with E-state index in [0.29, 0.717) is 5.92 Å². The Morgan fingerprint density at radius 2 is 1.73 bits per heavy atom. The van der Waals surface area contributed by atoms with Crippen LogP contribution in [-0.4, -0.2) is 5.66 Å². The van der Waals surface area contributed by atoms with Crippen LogP contribution < -0.4 is 23.8 Å². The average molecular weight is 162 g/mol. The van der Waals surface area contributed by atoms with Crippen molar-refractivity contribution in [3.63, 3.8) is 0 Å². The molecule has 0 radical (unpaired) electrons. The molecule has 4 nitrogen and oxygen atoms in total. The molecule has 0 amide bonds. The number of nitrogens with two attached hydrogens (primary N) is 2. The van der Waals surface area contributed by atoms with Gasteiger partial charge in [-0.1, -0.05) is 19.8 Å². The van der Waals surface area contributed by atoms with Crippen molar-refractivity contribution in [1.82, 2.24) is 12.3 Å². The zero-order valence-electron chi connectivity index (χ0n) is 7.47. The predicted molar refractivity (Wildman–Crippen MR) is 48.8 cm³/mol. The van der Waals surface area contributed by atoms with E-state index in [9.17, 15) is 0 Å². The monoisotopic (exact) mass is 162 g/mol. The van der Waals surface area contributed by atoms with Gasteiger partial charge in [-0.15, -0.1) is 0 Å². The van der Waals surface area contributed by atoms with E-state index >= 15 is 0 Å². The Kier molecular flexibility index (Phi) is 5.69. The number of hydrogen-bond acceptors (Lipinski definition) is 4. The first-order valence-electron chi connectivity index (χ1n) is 3.71. The third kappa shape index (κ3) is 3.16. The second-order valence-corrected chi connectivity index (χ2v) is 3.26. The third-order valence-electron chi connectivity index (χ3n) is 2.41. The molecule has 1 unspecified atom stereocenters. The molecule has 0 aromatic carbocycles. The van der Waals surface area contributed by atoms with Crippen molar-refractivity contribution < 1.29 is 0 Å². The van der Waals surface area contributed by atoms with E-state index < -0.39 is 0 Å². The Hall–Kier alpha value is -0.160. The maximum Gasteiger partial charge on any atom is 0.0662 e. The number of rotatable bonds is 0. The fourth-order valence-corrected chi connectivity index (χ4v) is 1.40. The maximum atomic E-state index is 5.80. The molecule has 0 heterocycles. The minimum absolute atomic E-state index is 0. The van der Waals surface area contributed by atoms with Crippen molar-refractivity contribution in [2.75, 3.05) is 0 Å². The molecular formula is C7H22N4. The van der Waals surface area contributed by atoms with E-state index in [-0.39, 0.29) is 18.0 Å². The lowest BCUT2D eigenvalue weighted by atomic mass is 9.81. The van der Waals surface area contributed by atoms with E-state index in [2.05, 4.69) is 6.92 Å². The largest absolute Gasteiger partial charge is 0.344 e. The number of hydrogen-bond donors (Lipinski definition) is 4. The first-order valence-corrected chi connectivity index (χ1v) is 3.71. The van der Waals surface area contributed by atoms with Gasteiger partial charge in [-0.2, -0.15) is 0 Å². The van der Waals surface area contributed by atoms with Crippen molar-refractivity contribution in [2.24, 2.45) is 17.4 Å². The molecule has 11 heavy (non-hydrogen) atoms. The summed E-state index contributed by atoms with van der Waals surface area (Å²) in [6.07, 6.45) is 4.70. The molecule has 1 rings (SSSR count). The van der Waals surface area contributed by atoms with Gasteiger partial charge in [0.05, 0.1) is 5.66 Å². The van der Waals surface area contributed by atoms with Crippen LogP contribution in [0.5, 0.6) is 0 Å². The smallest absolute Gasteiger partial charge is 0.0662 e. The Bertz CT molecular complexity index is 103. The molecule has 1 fully saturated rings. The fraction of sp³-hybridized carbons (Fsp3) is 1.00. The zero-order valence-corrected chi connectivity index (χ0v) is 7.47. The third-order valence-corrected chi connectivity index (χ3v) is 2.41. The Labute approximate surface area is 68.9 Å². The lowest BCUT2D eigenvalue weighted by molar-refractivity contribution is 0.212. The fourth-order valence-electron chi connectivity index (χ4n) is 1.40. The van der Waals surface area contributed by atoms with Crippen LogP contribution in [0.2, 0.25) is 0 Å². The molecule has 0 spiro atoms. The van der Waals surface area contributed by atoms with Gasteiger partial charge < -0.3 is 23.8 Å².